The van der Waals surface area contributed by atoms with Crippen LogP contribution in [0, 0.1) is 0 Å². The maximum absolute atomic E-state index is 10.8. The molecule has 5 heteroatoms. The zero-order valence-corrected chi connectivity index (χ0v) is 9.50. The summed E-state index contributed by atoms with van der Waals surface area (Å²) >= 11 is 1.67. The van der Waals surface area contributed by atoms with Crippen molar-refractivity contribution in [3.05, 3.63) is 17.0 Å². The second-order valence-electron chi connectivity index (χ2n) is 3.24. The van der Waals surface area contributed by atoms with Crippen molar-refractivity contribution in [1.29, 1.82) is 0 Å². The van der Waals surface area contributed by atoms with Gasteiger partial charge in [0.05, 0.1) is 5.00 Å². The van der Waals surface area contributed by atoms with Crippen molar-refractivity contribution in [2.45, 2.75) is 12.8 Å². The van der Waals surface area contributed by atoms with E-state index >= 15 is 0 Å². The molecule has 0 atom stereocenters. The molecule has 1 saturated heterocycles. The minimum absolute atomic E-state index is 0. The molecule has 1 aromatic rings. The summed E-state index contributed by atoms with van der Waals surface area (Å²) in [6.07, 6.45) is 0. The fourth-order valence-electron chi connectivity index (χ4n) is 1.30. The van der Waals surface area contributed by atoms with Crippen molar-refractivity contribution in [1.82, 2.24) is 5.32 Å². The van der Waals surface area contributed by atoms with Crippen LogP contribution in [-0.4, -0.2) is 19.0 Å². The standard InChI is InChI=1S/C9H12N2OS.ClH/c1-6(12)11-9-3-2-8(13-9)7-4-10-5-7;/h2-3,7,10H,4-5H2,1H3,(H,11,12);1H. The average Bonchev–Trinajstić information content (AvgIpc) is 2.31. The predicted octanol–water partition coefficient (Wildman–Crippen LogP) is 1.82. The number of hydrogen-bond donors (Lipinski definition) is 2. The lowest BCUT2D eigenvalue weighted by Gasteiger charge is -2.25. The molecule has 1 aliphatic heterocycles. The van der Waals surface area contributed by atoms with Crippen LogP contribution in [0.15, 0.2) is 12.1 Å². The third kappa shape index (κ3) is 2.47. The predicted molar refractivity (Wildman–Crippen MR) is 61.5 cm³/mol. The average molecular weight is 233 g/mol. The van der Waals surface area contributed by atoms with Gasteiger partial charge in [-0.25, -0.2) is 0 Å². The highest BCUT2D eigenvalue weighted by Crippen LogP contribution is 2.30. The number of rotatable bonds is 2. The number of anilines is 1. The Bertz CT molecular complexity index is 322. The number of carbonyl (C=O) groups is 1. The van der Waals surface area contributed by atoms with Crippen LogP contribution < -0.4 is 10.6 Å². The van der Waals surface area contributed by atoms with E-state index < -0.39 is 0 Å². The number of amides is 1. The van der Waals surface area contributed by atoms with Gasteiger partial charge in [0.25, 0.3) is 0 Å². The third-order valence-electron chi connectivity index (χ3n) is 2.11. The maximum Gasteiger partial charge on any atom is 0.221 e. The van der Waals surface area contributed by atoms with Crippen LogP contribution in [0.3, 0.4) is 0 Å². The Morgan fingerprint density at radius 2 is 2.29 bits per heavy atom. The highest BCUT2D eigenvalue weighted by Gasteiger charge is 2.20. The lowest BCUT2D eigenvalue weighted by molar-refractivity contribution is -0.114. The van der Waals surface area contributed by atoms with Crippen molar-refractivity contribution < 1.29 is 4.79 Å². The molecule has 0 unspecified atom stereocenters. The summed E-state index contributed by atoms with van der Waals surface area (Å²) in [6.45, 7) is 3.67. The number of thiophene rings is 1. The van der Waals surface area contributed by atoms with Gasteiger partial charge in [-0.1, -0.05) is 0 Å². The molecular weight excluding hydrogens is 220 g/mol. The lowest BCUT2D eigenvalue weighted by atomic mass is 10.0. The molecule has 1 aromatic heterocycles. The van der Waals surface area contributed by atoms with E-state index in [2.05, 4.69) is 16.7 Å². The number of hydrogen-bond acceptors (Lipinski definition) is 3. The van der Waals surface area contributed by atoms with Crippen LogP contribution in [0.2, 0.25) is 0 Å². The Morgan fingerprint density at radius 1 is 1.57 bits per heavy atom. The Labute approximate surface area is 93.3 Å². The van der Waals surface area contributed by atoms with Gasteiger partial charge in [0, 0.05) is 30.8 Å². The molecule has 1 aliphatic rings. The first-order chi connectivity index (χ1) is 6.25. The molecule has 2 heterocycles. The first-order valence-corrected chi connectivity index (χ1v) is 5.15. The summed E-state index contributed by atoms with van der Waals surface area (Å²) in [5, 5.41) is 6.97. The molecule has 78 valence electrons. The first-order valence-electron chi connectivity index (χ1n) is 4.34. The fraction of sp³-hybridized carbons (Fsp3) is 0.444. The van der Waals surface area contributed by atoms with Crippen LogP contribution in [0.5, 0.6) is 0 Å². The van der Waals surface area contributed by atoms with Crippen molar-refractivity contribution in [3.63, 3.8) is 0 Å². The maximum atomic E-state index is 10.8. The van der Waals surface area contributed by atoms with E-state index in [9.17, 15) is 4.79 Å². The van der Waals surface area contributed by atoms with Gasteiger partial charge < -0.3 is 10.6 Å². The molecule has 0 spiro atoms. The van der Waals surface area contributed by atoms with Gasteiger partial charge in [-0.05, 0) is 12.1 Å². The molecule has 0 aromatic carbocycles. The molecular formula is C9H13ClN2OS. The van der Waals surface area contributed by atoms with Crippen LogP contribution in [0.4, 0.5) is 5.00 Å². The summed E-state index contributed by atoms with van der Waals surface area (Å²) in [4.78, 5) is 12.1. The van der Waals surface area contributed by atoms with E-state index in [4.69, 9.17) is 0 Å². The minimum Gasteiger partial charge on any atom is -0.318 e. The van der Waals surface area contributed by atoms with Crippen molar-refractivity contribution in [2.75, 3.05) is 18.4 Å². The van der Waals surface area contributed by atoms with E-state index in [1.807, 2.05) is 6.07 Å². The highest BCUT2D eigenvalue weighted by atomic mass is 35.5. The fourth-order valence-corrected chi connectivity index (χ4v) is 2.36. The Morgan fingerprint density at radius 3 is 2.79 bits per heavy atom. The van der Waals surface area contributed by atoms with Gasteiger partial charge in [0.1, 0.15) is 0 Å². The van der Waals surface area contributed by atoms with Crippen molar-refractivity contribution in [3.8, 4) is 0 Å². The Hall–Kier alpha value is -0.580. The van der Waals surface area contributed by atoms with Crippen LogP contribution in [0.25, 0.3) is 0 Å². The van der Waals surface area contributed by atoms with Gasteiger partial charge in [0.15, 0.2) is 0 Å². The van der Waals surface area contributed by atoms with Gasteiger partial charge in [-0.2, -0.15) is 0 Å². The summed E-state index contributed by atoms with van der Waals surface area (Å²) in [7, 11) is 0. The molecule has 2 N–H and O–H groups in total. The second-order valence-corrected chi connectivity index (χ2v) is 4.35. The van der Waals surface area contributed by atoms with Gasteiger partial charge >= 0.3 is 0 Å². The molecule has 3 nitrogen and oxygen atoms in total. The summed E-state index contributed by atoms with van der Waals surface area (Å²) in [6, 6.07) is 4.07. The lowest BCUT2D eigenvalue weighted by Crippen LogP contribution is -2.39. The van der Waals surface area contributed by atoms with Gasteiger partial charge in [-0.3, -0.25) is 4.79 Å². The quantitative estimate of drug-likeness (QED) is 0.817. The van der Waals surface area contributed by atoms with Gasteiger partial charge in [-0.15, -0.1) is 23.7 Å². The summed E-state index contributed by atoms with van der Waals surface area (Å²) in [5.74, 6) is 0.660. The van der Waals surface area contributed by atoms with Crippen molar-refractivity contribution in [2.24, 2.45) is 0 Å². The number of carbonyl (C=O) groups excluding carboxylic acids is 1. The van der Waals surface area contributed by atoms with E-state index in [0.717, 1.165) is 18.1 Å². The van der Waals surface area contributed by atoms with E-state index in [1.165, 1.54) is 11.8 Å². The molecule has 1 amide bonds. The molecule has 2 rings (SSSR count). The van der Waals surface area contributed by atoms with Crippen LogP contribution in [-0.2, 0) is 4.79 Å². The van der Waals surface area contributed by atoms with E-state index in [1.54, 1.807) is 11.3 Å². The smallest absolute Gasteiger partial charge is 0.221 e. The Balaban J connectivity index is 0.000000980. The number of nitrogens with one attached hydrogen (secondary N) is 2. The molecule has 0 aliphatic carbocycles. The molecule has 0 radical (unpaired) electrons. The normalized spacial score (nSPS) is 15.5. The SMILES string of the molecule is CC(=O)Nc1ccc(C2CNC2)s1.Cl. The monoisotopic (exact) mass is 232 g/mol. The van der Waals surface area contributed by atoms with Crippen LogP contribution >= 0.6 is 23.7 Å². The number of halogens is 1. The molecule has 0 saturated carbocycles. The summed E-state index contributed by atoms with van der Waals surface area (Å²) in [5.41, 5.74) is 0. The largest absolute Gasteiger partial charge is 0.318 e. The van der Waals surface area contributed by atoms with E-state index in [-0.39, 0.29) is 18.3 Å². The third-order valence-corrected chi connectivity index (χ3v) is 3.27. The molecule has 14 heavy (non-hydrogen) atoms. The summed E-state index contributed by atoms with van der Waals surface area (Å²) < 4.78 is 0. The van der Waals surface area contributed by atoms with Gasteiger partial charge in [0.2, 0.25) is 5.91 Å². The first kappa shape index (κ1) is 11.5. The topological polar surface area (TPSA) is 41.1 Å². The highest BCUT2D eigenvalue weighted by molar-refractivity contribution is 7.16. The molecule has 1 fully saturated rings. The van der Waals surface area contributed by atoms with E-state index in [0.29, 0.717) is 5.92 Å². The second kappa shape index (κ2) is 4.77. The zero-order chi connectivity index (χ0) is 9.26. The molecule has 0 bridgehead atoms. The Kier molecular flexibility index (Phi) is 3.92. The minimum atomic E-state index is 0. The zero-order valence-electron chi connectivity index (χ0n) is 7.87. The van der Waals surface area contributed by atoms with Crippen LogP contribution in [0.1, 0.15) is 17.7 Å². The van der Waals surface area contributed by atoms with Crippen molar-refractivity contribution >= 4 is 34.7 Å².